The van der Waals surface area contributed by atoms with Gasteiger partial charge in [-0.2, -0.15) is 0 Å². The van der Waals surface area contributed by atoms with Crippen molar-refractivity contribution in [2.75, 3.05) is 0 Å². The number of thiophene rings is 1. The molecule has 1 heterocycles. The lowest BCUT2D eigenvalue weighted by Gasteiger charge is -1.97. The maximum absolute atomic E-state index is 3.50. The van der Waals surface area contributed by atoms with Gasteiger partial charge in [0.2, 0.25) is 0 Å². The average Bonchev–Trinajstić information content (AvgIpc) is 2.10. The summed E-state index contributed by atoms with van der Waals surface area (Å²) in [7, 11) is 0. The maximum atomic E-state index is 3.50. The van der Waals surface area contributed by atoms with Crippen molar-refractivity contribution >= 4 is 59.1 Å². The summed E-state index contributed by atoms with van der Waals surface area (Å²) in [5, 5.41) is 0. The van der Waals surface area contributed by atoms with Crippen LogP contribution >= 0.6 is 59.1 Å². The first-order valence-electron chi connectivity index (χ1n) is 2.70. The number of rotatable bonds is 1. The number of hydrogen-bond acceptors (Lipinski definition) is 1. The Bertz CT molecular complexity index is 229. The van der Waals surface area contributed by atoms with Gasteiger partial charge in [0.15, 0.2) is 0 Å². The molecule has 0 aliphatic heterocycles. The highest BCUT2D eigenvalue weighted by atomic mass is 79.9. The van der Waals surface area contributed by atoms with E-state index in [1.165, 1.54) is 13.1 Å². The topological polar surface area (TPSA) is 0 Å². The van der Waals surface area contributed by atoms with Crippen LogP contribution in [0.15, 0.2) is 13.6 Å². The Balaban J connectivity index is 3.03. The van der Waals surface area contributed by atoms with Gasteiger partial charge in [0, 0.05) is 4.83 Å². The summed E-state index contributed by atoms with van der Waals surface area (Å²) in [6.07, 6.45) is 0. The Hall–Kier alpha value is 1.14. The quantitative estimate of drug-likeness (QED) is 0.644. The van der Waals surface area contributed by atoms with Crippen LogP contribution in [-0.4, -0.2) is 0 Å². The van der Waals surface area contributed by atoms with Crippen molar-refractivity contribution in [3.05, 3.63) is 19.2 Å². The van der Waals surface area contributed by atoms with Crippen molar-refractivity contribution < 1.29 is 0 Å². The summed E-state index contributed by atoms with van der Waals surface area (Å²) in [6, 6.07) is 2.12. The van der Waals surface area contributed by atoms with Crippen LogP contribution < -0.4 is 0 Å². The summed E-state index contributed by atoms with van der Waals surface area (Å²) in [5.74, 6) is 0. The smallest absolute Gasteiger partial charge is 0.0753 e. The van der Waals surface area contributed by atoms with Crippen molar-refractivity contribution in [2.24, 2.45) is 0 Å². The van der Waals surface area contributed by atoms with Crippen molar-refractivity contribution in [2.45, 2.75) is 11.8 Å². The van der Waals surface area contributed by atoms with Gasteiger partial charge in [-0.1, -0.05) is 15.9 Å². The van der Waals surface area contributed by atoms with Gasteiger partial charge in [0.05, 0.1) is 7.57 Å². The minimum absolute atomic E-state index is 0.421. The van der Waals surface area contributed by atoms with Crippen LogP contribution in [0.3, 0.4) is 0 Å². The third-order valence-corrected chi connectivity index (χ3v) is 3.99. The average molecular weight is 349 g/mol. The van der Waals surface area contributed by atoms with E-state index in [-0.39, 0.29) is 0 Å². The molecular weight excluding hydrogens is 344 g/mol. The molecule has 4 heteroatoms. The molecule has 1 rings (SSSR count). The van der Waals surface area contributed by atoms with Crippen molar-refractivity contribution in [1.29, 1.82) is 0 Å². The molecule has 1 atom stereocenters. The van der Waals surface area contributed by atoms with Crippen LogP contribution in [0.4, 0.5) is 0 Å². The second kappa shape index (κ2) is 3.70. The maximum Gasteiger partial charge on any atom is 0.0753 e. The molecule has 0 bridgehead atoms. The van der Waals surface area contributed by atoms with Crippen LogP contribution in [0.25, 0.3) is 0 Å². The molecule has 0 amide bonds. The normalized spacial score (nSPS) is 13.6. The summed E-state index contributed by atoms with van der Waals surface area (Å²) in [5.41, 5.74) is 1.30. The lowest BCUT2D eigenvalue weighted by atomic mass is 10.3. The second-order valence-corrected chi connectivity index (χ2v) is 7.02. The van der Waals surface area contributed by atoms with Gasteiger partial charge in [-0.3, -0.25) is 0 Å². The third-order valence-electron chi connectivity index (χ3n) is 1.11. The van der Waals surface area contributed by atoms with E-state index in [0.29, 0.717) is 4.83 Å². The van der Waals surface area contributed by atoms with Gasteiger partial charge < -0.3 is 0 Å². The molecule has 0 N–H and O–H groups in total. The minimum atomic E-state index is 0.421. The van der Waals surface area contributed by atoms with Gasteiger partial charge in [0.1, 0.15) is 0 Å². The first kappa shape index (κ1) is 9.23. The molecular formula is C6H5Br3S. The minimum Gasteiger partial charge on any atom is -0.121 e. The van der Waals surface area contributed by atoms with E-state index in [1.807, 2.05) is 0 Å². The molecule has 1 aromatic heterocycles. The predicted octanol–water partition coefficient (Wildman–Crippen LogP) is 4.73. The summed E-state index contributed by atoms with van der Waals surface area (Å²) >= 11 is 12.1. The van der Waals surface area contributed by atoms with Crippen molar-refractivity contribution in [3.63, 3.8) is 0 Å². The van der Waals surface area contributed by atoms with E-state index in [0.717, 1.165) is 0 Å². The number of halogens is 3. The molecule has 1 aromatic rings. The molecule has 10 heavy (non-hydrogen) atoms. The largest absolute Gasteiger partial charge is 0.121 e. The zero-order valence-electron chi connectivity index (χ0n) is 5.20. The fourth-order valence-electron chi connectivity index (χ4n) is 0.624. The van der Waals surface area contributed by atoms with Crippen LogP contribution in [-0.2, 0) is 0 Å². The van der Waals surface area contributed by atoms with Gasteiger partial charge >= 0.3 is 0 Å². The predicted molar refractivity (Wildman–Crippen MR) is 57.1 cm³/mol. The Morgan fingerprint density at radius 3 is 2.30 bits per heavy atom. The summed E-state index contributed by atoms with van der Waals surface area (Å²) < 4.78 is 2.37. The Morgan fingerprint density at radius 1 is 1.50 bits per heavy atom. The fourth-order valence-corrected chi connectivity index (χ4v) is 4.52. The van der Waals surface area contributed by atoms with Crippen molar-refractivity contribution in [3.8, 4) is 0 Å². The number of hydrogen-bond donors (Lipinski definition) is 0. The summed E-state index contributed by atoms with van der Waals surface area (Å²) in [4.78, 5) is 0.421. The van der Waals surface area contributed by atoms with Crippen LogP contribution in [0.5, 0.6) is 0 Å². The van der Waals surface area contributed by atoms with Gasteiger partial charge in [-0.05, 0) is 50.4 Å². The lowest BCUT2D eigenvalue weighted by molar-refractivity contribution is 1.13. The number of alkyl halides is 1. The molecule has 0 saturated carbocycles. The third kappa shape index (κ3) is 2.06. The molecule has 0 nitrogen and oxygen atoms in total. The standard InChI is InChI=1S/C6H5Br3S/c1-3(7)4-2-5(8)10-6(4)9/h2-3H,1H3. The highest BCUT2D eigenvalue weighted by Crippen LogP contribution is 2.38. The molecule has 0 radical (unpaired) electrons. The van der Waals surface area contributed by atoms with Crippen LogP contribution in [0.1, 0.15) is 17.3 Å². The van der Waals surface area contributed by atoms with Crippen molar-refractivity contribution in [1.82, 2.24) is 0 Å². The first-order valence-corrected chi connectivity index (χ1v) is 6.02. The first-order chi connectivity index (χ1) is 4.61. The van der Waals surface area contributed by atoms with Gasteiger partial charge in [-0.15, -0.1) is 11.3 Å². The Kier molecular flexibility index (Phi) is 3.41. The Labute approximate surface area is 89.4 Å². The molecule has 0 saturated heterocycles. The molecule has 0 aliphatic carbocycles. The van der Waals surface area contributed by atoms with Crippen LogP contribution in [0, 0.1) is 0 Å². The van der Waals surface area contributed by atoms with E-state index in [9.17, 15) is 0 Å². The zero-order chi connectivity index (χ0) is 7.72. The molecule has 0 aromatic carbocycles. The molecule has 1 unspecified atom stereocenters. The molecule has 0 spiro atoms. The van der Waals surface area contributed by atoms with Crippen LogP contribution in [0.2, 0.25) is 0 Å². The van der Waals surface area contributed by atoms with E-state index < -0.39 is 0 Å². The highest BCUT2D eigenvalue weighted by Gasteiger charge is 2.08. The highest BCUT2D eigenvalue weighted by molar-refractivity contribution is 9.12. The zero-order valence-corrected chi connectivity index (χ0v) is 10.8. The molecule has 0 aliphatic rings. The van der Waals surface area contributed by atoms with E-state index in [4.69, 9.17) is 0 Å². The fraction of sp³-hybridized carbons (Fsp3) is 0.333. The molecule has 0 fully saturated rings. The van der Waals surface area contributed by atoms with E-state index in [2.05, 4.69) is 60.8 Å². The molecule has 56 valence electrons. The van der Waals surface area contributed by atoms with E-state index >= 15 is 0 Å². The van der Waals surface area contributed by atoms with Gasteiger partial charge in [0.25, 0.3) is 0 Å². The summed E-state index contributed by atoms with van der Waals surface area (Å²) in [6.45, 7) is 2.11. The second-order valence-electron chi connectivity index (χ2n) is 1.90. The Morgan fingerprint density at radius 2 is 2.10 bits per heavy atom. The monoisotopic (exact) mass is 346 g/mol. The SMILES string of the molecule is CC(Br)c1cc(Br)sc1Br. The van der Waals surface area contributed by atoms with Gasteiger partial charge in [-0.25, -0.2) is 0 Å². The van der Waals surface area contributed by atoms with E-state index in [1.54, 1.807) is 11.3 Å². The lowest BCUT2D eigenvalue weighted by Crippen LogP contribution is -1.77.